The number of carbonyl (C=O) groups is 1. The second-order valence-electron chi connectivity index (χ2n) is 8.43. The summed E-state index contributed by atoms with van der Waals surface area (Å²) >= 11 is 2.17. The van der Waals surface area contributed by atoms with E-state index in [1.807, 2.05) is 0 Å². The van der Waals surface area contributed by atoms with Crippen LogP contribution in [0.1, 0.15) is 59.2 Å². The number of halogens is 2. The molecule has 1 aliphatic heterocycles. The van der Waals surface area contributed by atoms with Gasteiger partial charge in [0.25, 0.3) is 0 Å². The molecule has 1 saturated heterocycles. The number of rotatable bonds is 4. The summed E-state index contributed by atoms with van der Waals surface area (Å²) in [6, 6.07) is -0.472. The van der Waals surface area contributed by atoms with E-state index >= 15 is 0 Å². The fraction of sp³-hybridized carbons (Fsp3) is 0.684. The Morgan fingerprint density at radius 2 is 2.21 bits per heavy atom. The molecule has 8 nitrogen and oxygen atoms in total. The number of ether oxygens (including phenoxy) is 1. The number of anilines is 1. The van der Waals surface area contributed by atoms with Gasteiger partial charge in [0, 0.05) is 12.5 Å². The second kappa shape index (κ2) is 8.57. The minimum atomic E-state index is -1.24. The quantitative estimate of drug-likeness (QED) is 0.617. The van der Waals surface area contributed by atoms with Crippen LogP contribution in [0, 0.1) is 3.70 Å². The van der Waals surface area contributed by atoms with Gasteiger partial charge < -0.3 is 15.0 Å². The number of fused-ring (bicyclic) bond motifs is 1. The lowest BCUT2D eigenvalue weighted by molar-refractivity contribution is 0.0125. The van der Waals surface area contributed by atoms with E-state index in [-0.39, 0.29) is 12.5 Å². The Hall–Kier alpha value is -1.72. The first kappa shape index (κ1) is 22.0. The molecular weight excluding hydrogens is 490 g/mol. The highest BCUT2D eigenvalue weighted by Crippen LogP contribution is 2.24. The molecular formula is C19H28FIN6O2. The monoisotopic (exact) mass is 518 g/mol. The van der Waals surface area contributed by atoms with E-state index in [4.69, 9.17) is 4.74 Å². The fourth-order valence-electron chi connectivity index (χ4n) is 3.17. The van der Waals surface area contributed by atoms with Crippen molar-refractivity contribution in [1.29, 1.82) is 0 Å². The van der Waals surface area contributed by atoms with Crippen LogP contribution in [-0.2, 0) is 4.74 Å². The molecule has 0 aliphatic carbocycles. The number of likely N-dealkylation sites (tertiary alicyclic amines) is 1. The van der Waals surface area contributed by atoms with Crippen LogP contribution in [0.3, 0.4) is 0 Å². The maximum absolute atomic E-state index is 14.8. The summed E-state index contributed by atoms with van der Waals surface area (Å²) in [4.78, 5) is 22.5. The number of alkyl halides is 1. The molecule has 3 heterocycles. The first-order valence-corrected chi connectivity index (χ1v) is 11.0. The fourth-order valence-corrected chi connectivity index (χ4v) is 3.78. The van der Waals surface area contributed by atoms with Crippen LogP contribution in [0.25, 0.3) is 5.52 Å². The Balaban J connectivity index is 1.71. The van der Waals surface area contributed by atoms with Gasteiger partial charge in [-0.05, 0) is 56.2 Å². The molecule has 0 aromatic carbocycles. The lowest BCUT2D eigenvalue weighted by Crippen LogP contribution is -2.51. The highest BCUT2D eigenvalue weighted by atomic mass is 127. The molecule has 1 aliphatic rings. The van der Waals surface area contributed by atoms with Crippen molar-refractivity contribution in [3.05, 3.63) is 15.7 Å². The van der Waals surface area contributed by atoms with Crippen molar-refractivity contribution < 1.29 is 13.9 Å². The van der Waals surface area contributed by atoms with Crippen LogP contribution in [-0.4, -0.2) is 61.5 Å². The van der Waals surface area contributed by atoms with Gasteiger partial charge in [0.1, 0.15) is 26.8 Å². The highest BCUT2D eigenvalue weighted by Gasteiger charge is 2.34. The van der Waals surface area contributed by atoms with E-state index < -0.39 is 23.9 Å². The molecule has 1 amide bonds. The Bertz CT molecular complexity index is 883. The van der Waals surface area contributed by atoms with Crippen molar-refractivity contribution in [3.8, 4) is 0 Å². The van der Waals surface area contributed by atoms with Gasteiger partial charge >= 0.3 is 6.09 Å². The van der Waals surface area contributed by atoms with Crippen LogP contribution in [0.15, 0.2) is 6.20 Å². The van der Waals surface area contributed by atoms with E-state index in [0.717, 1.165) is 21.5 Å². The normalized spacial score (nSPS) is 21.3. The topological polar surface area (TPSA) is 84.7 Å². The van der Waals surface area contributed by atoms with Gasteiger partial charge in [-0.15, -0.1) is 5.10 Å². The minimum absolute atomic E-state index is 0.0179. The molecule has 160 valence electrons. The molecule has 29 heavy (non-hydrogen) atoms. The molecule has 2 aromatic heterocycles. The summed E-state index contributed by atoms with van der Waals surface area (Å²) in [5, 5.41) is 7.65. The molecule has 1 N–H and O–H groups in total. The number of amides is 1. The number of nitrogens with one attached hydrogen (secondary N) is 1. The van der Waals surface area contributed by atoms with Crippen molar-refractivity contribution in [2.24, 2.45) is 0 Å². The Labute approximate surface area is 183 Å². The van der Waals surface area contributed by atoms with Crippen molar-refractivity contribution in [1.82, 2.24) is 24.5 Å². The van der Waals surface area contributed by atoms with Crippen molar-refractivity contribution >= 4 is 40.1 Å². The Morgan fingerprint density at radius 1 is 1.48 bits per heavy atom. The van der Waals surface area contributed by atoms with Crippen LogP contribution >= 0.6 is 22.6 Å². The van der Waals surface area contributed by atoms with Gasteiger partial charge in [0.05, 0.1) is 18.8 Å². The third-order valence-corrected chi connectivity index (χ3v) is 5.73. The maximum Gasteiger partial charge on any atom is 0.410 e. The highest BCUT2D eigenvalue weighted by molar-refractivity contribution is 14.1. The molecule has 2 aromatic rings. The molecule has 3 rings (SSSR count). The lowest BCUT2D eigenvalue weighted by Gasteiger charge is -2.35. The molecule has 1 fully saturated rings. The zero-order chi connectivity index (χ0) is 21.3. The zero-order valence-electron chi connectivity index (χ0n) is 17.4. The van der Waals surface area contributed by atoms with Crippen LogP contribution in [0.5, 0.6) is 0 Å². The van der Waals surface area contributed by atoms with Gasteiger partial charge in [-0.2, -0.15) is 0 Å². The average molecular weight is 518 g/mol. The third kappa shape index (κ3) is 5.07. The summed E-state index contributed by atoms with van der Waals surface area (Å²) in [6.45, 7) is 9.99. The van der Waals surface area contributed by atoms with E-state index in [0.29, 0.717) is 18.9 Å². The first-order valence-electron chi connectivity index (χ1n) is 9.88. The predicted octanol–water partition coefficient (Wildman–Crippen LogP) is 4.00. The number of imidazole rings is 1. The van der Waals surface area contributed by atoms with E-state index in [1.165, 1.54) is 4.90 Å². The molecule has 0 radical (unpaired) electrons. The van der Waals surface area contributed by atoms with Crippen LogP contribution in [0.4, 0.5) is 15.1 Å². The van der Waals surface area contributed by atoms with Crippen LogP contribution in [0.2, 0.25) is 0 Å². The molecule has 0 spiro atoms. The summed E-state index contributed by atoms with van der Waals surface area (Å²) in [5.74, 6) is 1.47. The van der Waals surface area contributed by atoms with Gasteiger partial charge in [0.15, 0.2) is 0 Å². The Kier molecular flexibility index (Phi) is 6.49. The van der Waals surface area contributed by atoms with E-state index in [9.17, 15) is 9.18 Å². The molecule has 10 heteroatoms. The number of hydrogen-bond acceptors (Lipinski definition) is 6. The maximum atomic E-state index is 14.8. The molecule has 1 unspecified atom stereocenters. The summed E-state index contributed by atoms with van der Waals surface area (Å²) in [5.41, 5.74) is 0.236. The standard InChI is InChI=1S/C19H28FIN6O2/c1-6-11(2)16-24-15(21)14-9-22-17(25-27(14)16)23-13-7-8-26(10-12(13)20)18(28)29-19(3,4)5/h9,11-13H,6-8,10H2,1-5H3,(H,23,25)/t11?,12-,13-/m1/s1. The Morgan fingerprint density at radius 3 is 2.83 bits per heavy atom. The SMILES string of the molecule is CCC(C)c1nc(I)c2cnc(N[C@@H]3CCN(C(=O)OC(C)(C)C)C[C@H]3F)nn12. The number of piperidine rings is 1. The second-order valence-corrected chi connectivity index (χ2v) is 9.45. The molecule has 3 atom stereocenters. The minimum Gasteiger partial charge on any atom is -0.444 e. The summed E-state index contributed by atoms with van der Waals surface area (Å²) in [7, 11) is 0. The predicted molar refractivity (Wildman–Crippen MR) is 117 cm³/mol. The molecule has 0 bridgehead atoms. The van der Waals surface area contributed by atoms with Gasteiger partial charge in [-0.3, -0.25) is 0 Å². The number of aromatic nitrogens is 4. The number of carbonyl (C=O) groups excluding carboxylic acids is 1. The summed E-state index contributed by atoms with van der Waals surface area (Å²) in [6.07, 6.45) is 1.37. The molecule has 0 saturated carbocycles. The first-order chi connectivity index (χ1) is 13.6. The largest absolute Gasteiger partial charge is 0.444 e. The third-order valence-electron chi connectivity index (χ3n) is 4.93. The number of nitrogens with zero attached hydrogens (tertiary/aromatic N) is 5. The number of hydrogen-bond donors (Lipinski definition) is 1. The van der Waals surface area contributed by atoms with Gasteiger partial charge in [-0.25, -0.2) is 23.7 Å². The van der Waals surface area contributed by atoms with Crippen molar-refractivity contribution in [2.45, 2.75) is 71.2 Å². The summed E-state index contributed by atoms with van der Waals surface area (Å²) < 4.78 is 22.7. The van der Waals surface area contributed by atoms with Gasteiger partial charge in [-0.1, -0.05) is 13.8 Å². The van der Waals surface area contributed by atoms with Gasteiger partial charge in [0.2, 0.25) is 5.95 Å². The smallest absolute Gasteiger partial charge is 0.410 e. The van der Waals surface area contributed by atoms with Crippen molar-refractivity contribution in [3.63, 3.8) is 0 Å². The van der Waals surface area contributed by atoms with Crippen LogP contribution < -0.4 is 5.32 Å². The zero-order valence-corrected chi connectivity index (χ0v) is 19.6. The van der Waals surface area contributed by atoms with E-state index in [2.05, 4.69) is 56.8 Å². The lowest BCUT2D eigenvalue weighted by atomic mass is 10.0. The van der Waals surface area contributed by atoms with Crippen molar-refractivity contribution in [2.75, 3.05) is 18.4 Å². The average Bonchev–Trinajstić information content (AvgIpc) is 2.97. The van der Waals surface area contributed by atoms with E-state index in [1.54, 1.807) is 31.5 Å².